The molecule has 1 aromatic carbocycles. The number of carbonyl (C=O) groups excluding carboxylic acids is 1. The number of hydrazone groups is 1. The zero-order valence-corrected chi connectivity index (χ0v) is 14.5. The van der Waals surface area contributed by atoms with Gasteiger partial charge >= 0.3 is 0 Å². The van der Waals surface area contributed by atoms with E-state index < -0.39 is 0 Å². The number of pyridine rings is 1. The predicted molar refractivity (Wildman–Crippen MR) is 102 cm³/mol. The fraction of sp³-hybridized carbons (Fsp3) is 0.300. The van der Waals surface area contributed by atoms with E-state index in [1.807, 2.05) is 42.5 Å². The molecule has 1 saturated carbocycles. The Kier molecular flexibility index (Phi) is 4.73. The summed E-state index contributed by atoms with van der Waals surface area (Å²) >= 11 is 0. The number of fused-ring (bicyclic) bond motifs is 1. The molecule has 1 aliphatic carbocycles. The molecule has 2 aromatic rings. The van der Waals surface area contributed by atoms with Crippen molar-refractivity contribution >= 4 is 23.8 Å². The van der Waals surface area contributed by atoms with E-state index >= 15 is 0 Å². The molecule has 6 nitrogen and oxygen atoms in total. The Labute approximate surface area is 152 Å². The number of nitrogens with zero attached hydrogens (tertiary/aromatic N) is 4. The number of amides is 1. The smallest absolute Gasteiger partial charge is 0.239 e. The first-order chi connectivity index (χ1) is 12.8. The fourth-order valence-corrected chi connectivity index (χ4v) is 3.56. The summed E-state index contributed by atoms with van der Waals surface area (Å²) in [6.07, 6.45) is 9.19. The largest absolute Gasteiger partial charge is 0.274 e. The minimum absolute atomic E-state index is 0.0307. The molecule has 2 heterocycles. The number of carbonyl (C=O) groups is 1. The number of benzene rings is 1. The maximum atomic E-state index is 13.1. The van der Waals surface area contributed by atoms with Crippen molar-refractivity contribution in [1.29, 1.82) is 0 Å². The van der Waals surface area contributed by atoms with Gasteiger partial charge in [-0.25, -0.2) is 15.3 Å². The average Bonchev–Trinajstić information content (AvgIpc) is 2.70. The van der Waals surface area contributed by atoms with E-state index in [9.17, 15) is 4.79 Å². The third-order valence-corrected chi connectivity index (χ3v) is 4.84. The van der Waals surface area contributed by atoms with Crippen molar-refractivity contribution in [2.45, 2.75) is 31.7 Å². The van der Waals surface area contributed by atoms with E-state index in [-0.39, 0.29) is 17.9 Å². The molecule has 1 N–H and O–H groups in total. The van der Waals surface area contributed by atoms with Crippen molar-refractivity contribution in [2.24, 2.45) is 16.0 Å². The van der Waals surface area contributed by atoms with Crippen molar-refractivity contribution in [2.75, 3.05) is 4.90 Å². The zero-order valence-electron chi connectivity index (χ0n) is 14.5. The number of anilines is 1. The molecule has 0 bridgehead atoms. The van der Waals surface area contributed by atoms with Crippen LogP contribution in [-0.2, 0) is 4.79 Å². The van der Waals surface area contributed by atoms with Gasteiger partial charge < -0.3 is 0 Å². The zero-order chi connectivity index (χ0) is 17.8. The molecular weight excluding hydrogens is 326 g/mol. The lowest BCUT2D eigenvalue weighted by atomic mass is 9.83. The number of para-hydroxylation sites is 1. The summed E-state index contributed by atoms with van der Waals surface area (Å²) < 4.78 is 0. The van der Waals surface area contributed by atoms with Crippen LogP contribution in [0.5, 0.6) is 0 Å². The Hall–Kier alpha value is -3.02. The number of rotatable bonds is 3. The van der Waals surface area contributed by atoms with Gasteiger partial charge in [-0.3, -0.25) is 9.78 Å². The van der Waals surface area contributed by atoms with Crippen molar-refractivity contribution in [1.82, 2.24) is 10.4 Å². The highest BCUT2D eigenvalue weighted by Crippen LogP contribution is 2.33. The molecule has 1 aliphatic heterocycles. The van der Waals surface area contributed by atoms with E-state index in [1.54, 1.807) is 23.5 Å². The Morgan fingerprint density at radius 2 is 1.96 bits per heavy atom. The van der Waals surface area contributed by atoms with E-state index in [0.717, 1.165) is 36.9 Å². The summed E-state index contributed by atoms with van der Waals surface area (Å²) in [4.78, 5) is 23.7. The summed E-state index contributed by atoms with van der Waals surface area (Å²) in [6, 6.07) is 13.4. The molecule has 1 fully saturated rings. The highest BCUT2D eigenvalue weighted by atomic mass is 16.2. The van der Waals surface area contributed by atoms with Gasteiger partial charge in [0.25, 0.3) is 0 Å². The standard InChI is InChI=1S/C20H21N5O/c26-19-17-10-4-5-11-18(17)23-20(25(19)16-8-2-1-3-9-16)24-22-14-15-7-6-12-21-13-15/h1-3,6-9,12-14,17-18H,4-5,10-11H2,(H,23,24)/b22-14+. The van der Waals surface area contributed by atoms with Crippen LogP contribution in [0.2, 0.25) is 0 Å². The van der Waals surface area contributed by atoms with Gasteiger partial charge in [-0.2, -0.15) is 5.10 Å². The topological polar surface area (TPSA) is 70.0 Å². The van der Waals surface area contributed by atoms with Gasteiger partial charge in [0.05, 0.1) is 23.9 Å². The lowest BCUT2D eigenvalue weighted by Gasteiger charge is -2.38. The third kappa shape index (κ3) is 3.35. The van der Waals surface area contributed by atoms with E-state index in [4.69, 9.17) is 4.99 Å². The Balaban J connectivity index is 1.63. The SMILES string of the molecule is O=C1C2CCCCC2N=C(N/N=C/c2cccnc2)N1c1ccccc1. The molecule has 6 heteroatoms. The number of hydrogen-bond donors (Lipinski definition) is 1. The minimum Gasteiger partial charge on any atom is -0.274 e. The minimum atomic E-state index is -0.0307. The first kappa shape index (κ1) is 16.4. The second-order valence-electron chi connectivity index (χ2n) is 6.58. The van der Waals surface area contributed by atoms with Gasteiger partial charge in [-0.1, -0.05) is 37.1 Å². The van der Waals surface area contributed by atoms with Crippen LogP contribution in [0, 0.1) is 5.92 Å². The van der Waals surface area contributed by atoms with Crippen LogP contribution in [-0.4, -0.2) is 29.1 Å². The predicted octanol–water partition coefficient (Wildman–Crippen LogP) is 2.97. The summed E-state index contributed by atoms with van der Waals surface area (Å²) in [5, 5.41) is 4.27. The maximum Gasteiger partial charge on any atom is 0.239 e. The average molecular weight is 347 g/mol. The molecule has 0 radical (unpaired) electrons. The third-order valence-electron chi connectivity index (χ3n) is 4.84. The summed E-state index contributed by atoms with van der Waals surface area (Å²) in [7, 11) is 0. The van der Waals surface area contributed by atoms with Gasteiger partial charge in [0.1, 0.15) is 0 Å². The molecule has 2 atom stereocenters. The van der Waals surface area contributed by atoms with Gasteiger partial charge in [0, 0.05) is 18.0 Å². The van der Waals surface area contributed by atoms with Gasteiger partial charge in [0.2, 0.25) is 11.9 Å². The van der Waals surface area contributed by atoms with Crippen molar-refractivity contribution in [3.05, 3.63) is 60.4 Å². The molecule has 2 unspecified atom stereocenters. The van der Waals surface area contributed by atoms with Crippen LogP contribution in [0.25, 0.3) is 0 Å². The van der Waals surface area contributed by atoms with Crippen LogP contribution >= 0.6 is 0 Å². The maximum absolute atomic E-state index is 13.1. The molecule has 132 valence electrons. The van der Waals surface area contributed by atoms with E-state index in [1.165, 1.54) is 0 Å². The second kappa shape index (κ2) is 7.47. The lowest BCUT2D eigenvalue weighted by Crippen LogP contribution is -2.54. The van der Waals surface area contributed by atoms with E-state index in [0.29, 0.717) is 5.96 Å². The van der Waals surface area contributed by atoms with Crippen molar-refractivity contribution in [3.8, 4) is 0 Å². The molecule has 0 spiro atoms. The van der Waals surface area contributed by atoms with Crippen molar-refractivity contribution in [3.63, 3.8) is 0 Å². The molecule has 1 amide bonds. The van der Waals surface area contributed by atoms with Gasteiger partial charge in [-0.05, 0) is 31.0 Å². The van der Waals surface area contributed by atoms with Crippen LogP contribution in [0.4, 0.5) is 5.69 Å². The number of hydrogen-bond acceptors (Lipinski definition) is 5. The van der Waals surface area contributed by atoms with Crippen LogP contribution < -0.4 is 10.3 Å². The number of aliphatic imine (C=N–C) groups is 1. The Morgan fingerprint density at radius 1 is 1.12 bits per heavy atom. The van der Waals surface area contributed by atoms with Gasteiger partial charge in [0.15, 0.2) is 0 Å². The summed E-state index contributed by atoms with van der Waals surface area (Å²) in [5.74, 6) is 0.566. The first-order valence-electron chi connectivity index (χ1n) is 8.99. The molecular formula is C20H21N5O. The molecule has 0 saturated heterocycles. The quantitative estimate of drug-likeness (QED) is 0.685. The van der Waals surface area contributed by atoms with Crippen LogP contribution in [0.3, 0.4) is 0 Å². The Morgan fingerprint density at radius 3 is 2.77 bits per heavy atom. The molecule has 1 aromatic heterocycles. The number of guanidine groups is 1. The number of nitrogens with one attached hydrogen (secondary N) is 1. The van der Waals surface area contributed by atoms with E-state index in [2.05, 4.69) is 15.5 Å². The summed E-state index contributed by atoms with van der Waals surface area (Å²) in [5.41, 5.74) is 4.67. The van der Waals surface area contributed by atoms with Gasteiger partial charge in [-0.15, -0.1) is 0 Å². The first-order valence-corrected chi connectivity index (χ1v) is 8.99. The second-order valence-corrected chi connectivity index (χ2v) is 6.58. The highest BCUT2D eigenvalue weighted by Gasteiger charge is 2.40. The molecule has 4 rings (SSSR count). The van der Waals surface area contributed by atoms with Crippen LogP contribution in [0.15, 0.2) is 65.0 Å². The lowest BCUT2D eigenvalue weighted by molar-refractivity contribution is -0.123. The van der Waals surface area contributed by atoms with Crippen LogP contribution in [0.1, 0.15) is 31.2 Å². The fourth-order valence-electron chi connectivity index (χ4n) is 3.56. The monoisotopic (exact) mass is 347 g/mol. The number of aromatic nitrogens is 1. The highest BCUT2D eigenvalue weighted by molar-refractivity contribution is 6.18. The molecule has 26 heavy (non-hydrogen) atoms. The molecule has 2 aliphatic rings. The normalized spacial score (nSPS) is 22.8. The summed E-state index contributed by atoms with van der Waals surface area (Å²) in [6.45, 7) is 0. The van der Waals surface area contributed by atoms with Crippen molar-refractivity contribution < 1.29 is 4.79 Å². The Bertz CT molecular complexity index is 819.